The van der Waals surface area contributed by atoms with Crippen molar-refractivity contribution in [3.63, 3.8) is 0 Å². The molecule has 0 unspecified atom stereocenters. The highest BCUT2D eigenvalue weighted by Gasteiger charge is 2.01. The molecule has 0 amide bonds. The topological polar surface area (TPSA) is 26.3 Å². The van der Waals surface area contributed by atoms with E-state index in [9.17, 15) is 4.79 Å². The lowest BCUT2D eigenvalue weighted by Crippen LogP contribution is -2.03. The number of hydrogen-bond donors (Lipinski definition) is 0. The Kier molecular flexibility index (Phi) is 3.00. The minimum absolute atomic E-state index is 0.0521. The molecule has 0 spiro atoms. The van der Waals surface area contributed by atoms with Gasteiger partial charge in [-0.2, -0.15) is 0 Å². The molecule has 0 aromatic carbocycles. The van der Waals surface area contributed by atoms with Crippen LogP contribution in [0.15, 0.2) is 12.2 Å². The first kappa shape index (κ1) is 7.32. The molecule has 2 nitrogen and oxygen atoms in total. The van der Waals surface area contributed by atoms with Crippen molar-refractivity contribution in [1.82, 2.24) is 0 Å². The van der Waals surface area contributed by atoms with Crippen molar-refractivity contribution >= 4 is 5.97 Å². The molecule has 0 radical (unpaired) electrons. The van der Waals surface area contributed by atoms with Gasteiger partial charge in [0.2, 0.25) is 0 Å². The summed E-state index contributed by atoms with van der Waals surface area (Å²) in [5, 5.41) is 0. The second-order valence-corrected chi connectivity index (χ2v) is 2.37. The molecule has 0 atom stereocenters. The SMILES string of the molecule is O=C1CCCC=CCCO1. The number of cyclic esters (lactones) is 1. The third-order valence-electron chi connectivity index (χ3n) is 1.47. The van der Waals surface area contributed by atoms with Gasteiger partial charge in [-0.25, -0.2) is 0 Å². The van der Waals surface area contributed by atoms with Crippen molar-refractivity contribution in [3.05, 3.63) is 12.2 Å². The van der Waals surface area contributed by atoms with Gasteiger partial charge in [-0.05, 0) is 19.3 Å². The average molecular weight is 140 g/mol. The molecule has 0 saturated carbocycles. The summed E-state index contributed by atoms with van der Waals surface area (Å²) in [5.74, 6) is -0.0521. The molecular formula is C8H12O2. The minimum Gasteiger partial charge on any atom is -0.465 e. The molecule has 0 aliphatic carbocycles. The number of rotatable bonds is 0. The maximum atomic E-state index is 10.7. The predicted octanol–water partition coefficient (Wildman–Crippen LogP) is 1.66. The van der Waals surface area contributed by atoms with E-state index < -0.39 is 0 Å². The van der Waals surface area contributed by atoms with Crippen LogP contribution in [0.1, 0.15) is 25.7 Å². The van der Waals surface area contributed by atoms with Crippen LogP contribution in [0.25, 0.3) is 0 Å². The molecule has 0 saturated heterocycles. The van der Waals surface area contributed by atoms with Gasteiger partial charge in [0, 0.05) is 6.42 Å². The van der Waals surface area contributed by atoms with Crippen LogP contribution in [-0.4, -0.2) is 12.6 Å². The van der Waals surface area contributed by atoms with E-state index in [1.54, 1.807) is 0 Å². The van der Waals surface area contributed by atoms with Crippen LogP contribution < -0.4 is 0 Å². The van der Waals surface area contributed by atoms with E-state index in [4.69, 9.17) is 4.74 Å². The third kappa shape index (κ3) is 2.67. The van der Waals surface area contributed by atoms with Crippen molar-refractivity contribution in [2.75, 3.05) is 6.61 Å². The molecule has 1 heterocycles. The smallest absolute Gasteiger partial charge is 0.305 e. The molecule has 0 aromatic rings. The van der Waals surface area contributed by atoms with Gasteiger partial charge in [0.05, 0.1) is 6.61 Å². The largest absolute Gasteiger partial charge is 0.465 e. The number of esters is 1. The molecule has 2 heteroatoms. The van der Waals surface area contributed by atoms with Crippen LogP contribution in [0.3, 0.4) is 0 Å². The Labute approximate surface area is 60.9 Å². The predicted molar refractivity (Wildman–Crippen MR) is 38.6 cm³/mol. The summed E-state index contributed by atoms with van der Waals surface area (Å²) in [7, 11) is 0. The Bertz CT molecular complexity index is 124. The molecule has 0 aromatic heterocycles. The summed E-state index contributed by atoms with van der Waals surface area (Å²) < 4.78 is 4.87. The summed E-state index contributed by atoms with van der Waals surface area (Å²) in [6, 6.07) is 0. The Balaban J connectivity index is 2.31. The Morgan fingerprint density at radius 2 is 2.10 bits per heavy atom. The Morgan fingerprint density at radius 1 is 1.30 bits per heavy atom. The highest BCUT2D eigenvalue weighted by Crippen LogP contribution is 2.02. The standard InChI is InChI=1S/C8H12O2/c9-8-6-4-2-1-3-5-7-10-8/h1,3H,2,4-7H2. The monoisotopic (exact) mass is 140 g/mol. The van der Waals surface area contributed by atoms with Gasteiger partial charge in [-0.3, -0.25) is 4.79 Å². The summed E-state index contributed by atoms with van der Waals surface area (Å²) >= 11 is 0. The quantitative estimate of drug-likeness (QED) is 0.378. The summed E-state index contributed by atoms with van der Waals surface area (Å²) in [5.41, 5.74) is 0. The van der Waals surface area contributed by atoms with E-state index in [1.807, 2.05) is 0 Å². The van der Waals surface area contributed by atoms with E-state index >= 15 is 0 Å². The highest BCUT2D eigenvalue weighted by molar-refractivity contribution is 5.69. The van der Waals surface area contributed by atoms with E-state index in [0.29, 0.717) is 13.0 Å². The first-order valence-corrected chi connectivity index (χ1v) is 3.70. The third-order valence-corrected chi connectivity index (χ3v) is 1.47. The normalized spacial score (nSPS) is 20.6. The van der Waals surface area contributed by atoms with E-state index in [-0.39, 0.29) is 5.97 Å². The average Bonchev–Trinajstić information content (AvgIpc) is 2.02. The van der Waals surface area contributed by atoms with Gasteiger partial charge < -0.3 is 4.74 Å². The van der Waals surface area contributed by atoms with Gasteiger partial charge in [0.15, 0.2) is 0 Å². The highest BCUT2D eigenvalue weighted by atomic mass is 16.5. The van der Waals surface area contributed by atoms with Crippen LogP contribution in [-0.2, 0) is 9.53 Å². The molecule has 56 valence electrons. The van der Waals surface area contributed by atoms with Crippen LogP contribution in [0, 0.1) is 0 Å². The van der Waals surface area contributed by atoms with Crippen LogP contribution in [0.4, 0.5) is 0 Å². The lowest BCUT2D eigenvalue weighted by molar-refractivity contribution is -0.143. The van der Waals surface area contributed by atoms with Crippen LogP contribution >= 0.6 is 0 Å². The molecule has 1 aliphatic heterocycles. The van der Waals surface area contributed by atoms with Gasteiger partial charge in [0.1, 0.15) is 0 Å². The number of allylic oxidation sites excluding steroid dienone is 1. The summed E-state index contributed by atoms with van der Waals surface area (Å²) in [4.78, 5) is 10.7. The van der Waals surface area contributed by atoms with E-state index in [1.165, 1.54) is 0 Å². The fraction of sp³-hybridized carbons (Fsp3) is 0.625. The van der Waals surface area contributed by atoms with E-state index in [0.717, 1.165) is 19.3 Å². The second kappa shape index (κ2) is 4.09. The molecule has 1 aliphatic rings. The van der Waals surface area contributed by atoms with Gasteiger partial charge in [0.25, 0.3) is 0 Å². The minimum atomic E-state index is -0.0521. The van der Waals surface area contributed by atoms with Gasteiger partial charge >= 0.3 is 5.97 Å². The van der Waals surface area contributed by atoms with Crippen molar-refractivity contribution in [2.45, 2.75) is 25.7 Å². The van der Waals surface area contributed by atoms with Crippen molar-refractivity contribution in [3.8, 4) is 0 Å². The molecular weight excluding hydrogens is 128 g/mol. The van der Waals surface area contributed by atoms with E-state index in [2.05, 4.69) is 12.2 Å². The van der Waals surface area contributed by atoms with Crippen LogP contribution in [0.5, 0.6) is 0 Å². The van der Waals surface area contributed by atoms with Gasteiger partial charge in [-0.1, -0.05) is 12.2 Å². The fourth-order valence-electron chi connectivity index (χ4n) is 0.913. The number of carbonyl (C=O) groups excluding carboxylic acids is 1. The number of carbonyl (C=O) groups is 1. The zero-order valence-electron chi connectivity index (χ0n) is 6.01. The first-order valence-electron chi connectivity index (χ1n) is 3.70. The Hall–Kier alpha value is -0.790. The zero-order valence-corrected chi connectivity index (χ0v) is 6.01. The lowest BCUT2D eigenvalue weighted by atomic mass is 10.2. The van der Waals surface area contributed by atoms with Gasteiger partial charge in [-0.15, -0.1) is 0 Å². The number of hydrogen-bond acceptors (Lipinski definition) is 2. The maximum Gasteiger partial charge on any atom is 0.305 e. The fourth-order valence-corrected chi connectivity index (χ4v) is 0.913. The summed E-state index contributed by atoms with van der Waals surface area (Å²) in [6.45, 7) is 0.551. The molecule has 1 rings (SSSR count). The molecule has 0 fully saturated rings. The Morgan fingerprint density at radius 3 is 3.00 bits per heavy atom. The molecule has 0 bridgehead atoms. The van der Waals surface area contributed by atoms with Crippen LogP contribution in [0.2, 0.25) is 0 Å². The number of ether oxygens (including phenoxy) is 1. The zero-order chi connectivity index (χ0) is 7.23. The maximum absolute atomic E-state index is 10.7. The second-order valence-electron chi connectivity index (χ2n) is 2.37. The molecule has 0 N–H and O–H groups in total. The van der Waals surface area contributed by atoms with Crippen molar-refractivity contribution < 1.29 is 9.53 Å². The first-order chi connectivity index (χ1) is 4.89. The lowest BCUT2D eigenvalue weighted by Gasteiger charge is -1.98. The summed E-state index contributed by atoms with van der Waals surface area (Å²) in [6.07, 6.45) is 7.56. The van der Waals surface area contributed by atoms with Crippen molar-refractivity contribution in [2.24, 2.45) is 0 Å². The van der Waals surface area contributed by atoms with Crippen molar-refractivity contribution in [1.29, 1.82) is 0 Å². The molecule has 10 heavy (non-hydrogen) atoms.